The lowest BCUT2D eigenvalue weighted by atomic mass is 10.0. The Bertz CT molecular complexity index is 544. The van der Waals surface area contributed by atoms with Gasteiger partial charge in [-0.25, -0.2) is 5.01 Å². The molecule has 1 N–H and O–H groups in total. The topological polar surface area (TPSA) is 32.3 Å². The number of hydrazine groups is 1. The summed E-state index contributed by atoms with van der Waals surface area (Å²) in [4.78, 5) is 11.6. The Morgan fingerprint density at radius 3 is 2.61 bits per heavy atom. The van der Waals surface area contributed by atoms with Crippen LogP contribution in [0.4, 0.5) is 0 Å². The van der Waals surface area contributed by atoms with Gasteiger partial charge in [0.1, 0.15) is 0 Å². The van der Waals surface area contributed by atoms with E-state index in [2.05, 4.69) is 29.7 Å². The molecule has 18 heavy (non-hydrogen) atoms. The van der Waals surface area contributed by atoms with Gasteiger partial charge in [-0.05, 0) is 22.8 Å². The van der Waals surface area contributed by atoms with Crippen LogP contribution in [0, 0.1) is 0 Å². The summed E-state index contributed by atoms with van der Waals surface area (Å²) in [5.41, 5.74) is 3.98. The van der Waals surface area contributed by atoms with E-state index in [0.717, 1.165) is 6.42 Å². The van der Waals surface area contributed by atoms with Crippen molar-refractivity contribution in [1.29, 1.82) is 0 Å². The van der Waals surface area contributed by atoms with Crippen LogP contribution in [0.3, 0.4) is 0 Å². The lowest BCUT2D eigenvalue weighted by Crippen LogP contribution is -2.36. The normalized spacial score (nSPS) is 10.8. The zero-order chi connectivity index (χ0) is 13.0. The van der Waals surface area contributed by atoms with Gasteiger partial charge < -0.3 is 0 Å². The van der Waals surface area contributed by atoms with E-state index < -0.39 is 0 Å². The number of hydrogen-bond donors (Lipinski definition) is 1. The summed E-state index contributed by atoms with van der Waals surface area (Å²) < 4.78 is 0. The van der Waals surface area contributed by atoms with Crippen LogP contribution >= 0.6 is 0 Å². The molecule has 2 aromatic carbocycles. The molecule has 0 radical (unpaired) electrons. The van der Waals surface area contributed by atoms with E-state index in [1.165, 1.54) is 16.3 Å². The molecule has 2 rings (SSSR count). The van der Waals surface area contributed by atoms with E-state index in [9.17, 15) is 4.79 Å². The fraction of sp³-hybridized carbons (Fsp3) is 0.267. The van der Waals surface area contributed by atoms with Gasteiger partial charge in [0.05, 0.1) is 0 Å². The minimum Gasteiger partial charge on any atom is -0.289 e. The summed E-state index contributed by atoms with van der Waals surface area (Å²) in [6.45, 7) is 0. The molecule has 0 aliphatic rings. The van der Waals surface area contributed by atoms with Crippen LogP contribution in [0.2, 0.25) is 0 Å². The van der Waals surface area contributed by atoms with Gasteiger partial charge in [-0.3, -0.25) is 10.2 Å². The van der Waals surface area contributed by atoms with E-state index in [1.54, 1.807) is 5.01 Å². The number of amides is 1. The fourth-order valence-corrected chi connectivity index (χ4v) is 2.06. The molecular weight excluding hydrogens is 224 g/mol. The molecule has 0 saturated carbocycles. The first-order valence-corrected chi connectivity index (χ1v) is 6.10. The van der Waals surface area contributed by atoms with Crippen molar-refractivity contribution < 1.29 is 4.79 Å². The average molecular weight is 242 g/mol. The Labute approximate surface area is 107 Å². The molecule has 1 amide bonds. The van der Waals surface area contributed by atoms with Crippen molar-refractivity contribution in [3.8, 4) is 0 Å². The van der Waals surface area contributed by atoms with Crippen LogP contribution in [0.25, 0.3) is 10.8 Å². The monoisotopic (exact) mass is 242 g/mol. The van der Waals surface area contributed by atoms with Crippen molar-refractivity contribution in [3.05, 3.63) is 48.0 Å². The molecule has 0 atom stereocenters. The quantitative estimate of drug-likeness (QED) is 0.835. The van der Waals surface area contributed by atoms with E-state index in [4.69, 9.17) is 0 Å². The first-order valence-electron chi connectivity index (χ1n) is 6.10. The van der Waals surface area contributed by atoms with Crippen molar-refractivity contribution in [2.24, 2.45) is 0 Å². The molecule has 0 saturated heterocycles. The van der Waals surface area contributed by atoms with Gasteiger partial charge in [-0.2, -0.15) is 0 Å². The van der Waals surface area contributed by atoms with Gasteiger partial charge >= 0.3 is 0 Å². The van der Waals surface area contributed by atoms with Crippen molar-refractivity contribution in [1.82, 2.24) is 10.4 Å². The second-order valence-electron chi connectivity index (χ2n) is 4.57. The molecule has 0 bridgehead atoms. The molecule has 0 heterocycles. The minimum atomic E-state index is 0.0490. The lowest BCUT2D eigenvalue weighted by molar-refractivity contribution is -0.124. The Morgan fingerprint density at radius 1 is 1.11 bits per heavy atom. The molecular formula is C15H18N2O. The molecule has 0 aliphatic carbocycles. The number of carbonyl (C=O) groups is 1. The highest BCUT2D eigenvalue weighted by molar-refractivity contribution is 5.86. The summed E-state index contributed by atoms with van der Waals surface area (Å²) in [5.74, 6) is 0.0490. The summed E-state index contributed by atoms with van der Waals surface area (Å²) in [6.07, 6.45) is 1.27. The Kier molecular flexibility index (Phi) is 3.95. The van der Waals surface area contributed by atoms with Crippen molar-refractivity contribution in [2.45, 2.75) is 12.8 Å². The van der Waals surface area contributed by atoms with Crippen LogP contribution in [0.1, 0.15) is 12.0 Å². The number of nitrogens with one attached hydrogen (secondary N) is 1. The molecule has 94 valence electrons. The third-order valence-corrected chi connectivity index (χ3v) is 2.85. The first-order chi connectivity index (χ1) is 8.66. The Balaban J connectivity index is 2.10. The summed E-state index contributed by atoms with van der Waals surface area (Å²) in [6, 6.07) is 14.5. The van der Waals surface area contributed by atoms with Gasteiger partial charge in [0.25, 0.3) is 0 Å². The standard InChI is InChI=1S/C15H18N2O/c1-17(2)16-15(18)11-10-13-8-5-7-12-6-3-4-9-14(12)13/h3-9H,10-11H2,1-2H3,(H,16,18). The molecule has 0 spiro atoms. The molecule has 2 aromatic rings. The van der Waals surface area contributed by atoms with Crippen LogP contribution in [0.5, 0.6) is 0 Å². The maximum Gasteiger partial charge on any atom is 0.234 e. The number of aryl methyl sites for hydroxylation is 1. The third-order valence-electron chi connectivity index (χ3n) is 2.85. The lowest BCUT2D eigenvalue weighted by Gasteiger charge is -2.12. The number of benzene rings is 2. The maximum atomic E-state index is 11.6. The fourth-order valence-electron chi connectivity index (χ4n) is 2.06. The highest BCUT2D eigenvalue weighted by atomic mass is 16.2. The molecule has 3 nitrogen and oxygen atoms in total. The summed E-state index contributed by atoms with van der Waals surface area (Å²) in [5, 5.41) is 4.13. The first kappa shape index (κ1) is 12.6. The van der Waals surface area contributed by atoms with Gasteiger partial charge in [0, 0.05) is 20.5 Å². The second kappa shape index (κ2) is 5.65. The van der Waals surface area contributed by atoms with E-state index in [-0.39, 0.29) is 5.91 Å². The zero-order valence-electron chi connectivity index (χ0n) is 10.8. The number of fused-ring (bicyclic) bond motifs is 1. The number of rotatable bonds is 4. The molecule has 0 aliphatic heterocycles. The Hall–Kier alpha value is -1.87. The van der Waals surface area contributed by atoms with Crippen LogP contribution < -0.4 is 5.43 Å². The summed E-state index contributed by atoms with van der Waals surface area (Å²) in [7, 11) is 3.63. The van der Waals surface area contributed by atoms with E-state index in [1.807, 2.05) is 32.3 Å². The average Bonchev–Trinajstić information content (AvgIpc) is 2.35. The molecule has 0 unspecified atom stereocenters. The van der Waals surface area contributed by atoms with Gasteiger partial charge in [0.15, 0.2) is 0 Å². The van der Waals surface area contributed by atoms with Crippen LogP contribution in [-0.2, 0) is 11.2 Å². The van der Waals surface area contributed by atoms with Gasteiger partial charge in [0.2, 0.25) is 5.91 Å². The summed E-state index contributed by atoms with van der Waals surface area (Å²) >= 11 is 0. The van der Waals surface area contributed by atoms with Gasteiger partial charge in [-0.1, -0.05) is 42.5 Å². The Morgan fingerprint density at radius 2 is 1.83 bits per heavy atom. The second-order valence-corrected chi connectivity index (χ2v) is 4.57. The molecule has 0 fully saturated rings. The molecule has 0 aromatic heterocycles. The van der Waals surface area contributed by atoms with Gasteiger partial charge in [-0.15, -0.1) is 0 Å². The highest BCUT2D eigenvalue weighted by Crippen LogP contribution is 2.19. The van der Waals surface area contributed by atoms with Crippen molar-refractivity contribution >= 4 is 16.7 Å². The van der Waals surface area contributed by atoms with Crippen LogP contribution in [0.15, 0.2) is 42.5 Å². The zero-order valence-corrected chi connectivity index (χ0v) is 10.8. The van der Waals surface area contributed by atoms with E-state index >= 15 is 0 Å². The minimum absolute atomic E-state index is 0.0490. The SMILES string of the molecule is CN(C)NC(=O)CCc1cccc2ccccc12. The third kappa shape index (κ3) is 3.08. The number of nitrogens with zero attached hydrogens (tertiary/aromatic N) is 1. The van der Waals surface area contributed by atoms with Crippen molar-refractivity contribution in [3.63, 3.8) is 0 Å². The highest BCUT2D eigenvalue weighted by Gasteiger charge is 2.05. The predicted molar refractivity (Wildman–Crippen MR) is 74.1 cm³/mol. The smallest absolute Gasteiger partial charge is 0.234 e. The van der Waals surface area contributed by atoms with E-state index in [0.29, 0.717) is 6.42 Å². The number of carbonyl (C=O) groups excluding carboxylic acids is 1. The number of hydrogen-bond acceptors (Lipinski definition) is 2. The predicted octanol–water partition coefficient (Wildman–Crippen LogP) is 2.37. The van der Waals surface area contributed by atoms with Crippen LogP contribution in [-0.4, -0.2) is 25.0 Å². The van der Waals surface area contributed by atoms with Crippen molar-refractivity contribution in [2.75, 3.05) is 14.1 Å². The molecule has 3 heteroatoms. The maximum absolute atomic E-state index is 11.6. The largest absolute Gasteiger partial charge is 0.289 e.